The second-order valence-corrected chi connectivity index (χ2v) is 5.88. The summed E-state index contributed by atoms with van der Waals surface area (Å²) in [7, 11) is 0. The van der Waals surface area contributed by atoms with E-state index in [9.17, 15) is 0 Å². The molecule has 12 heavy (non-hydrogen) atoms. The van der Waals surface area contributed by atoms with Gasteiger partial charge in [-0.25, -0.2) is 4.40 Å². The van der Waals surface area contributed by atoms with Crippen molar-refractivity contribution in [2.75, 3.05) is 0 Å². The van der Waals surface area contributed by atoms with Gasteiger partial charge >= 0.3 is 0 Å². The number of hydrogen-bond donors (Lipinski definition) is 0. The highest BCUT2D eigenvalue weighted by Crippen LogP contribution is 2.23. The van der Waals surface area contributed by atoms with Crippen LogP contribution in [0.15, 0.2) is 16.1 Å². The van der Waals surface area contributed by atoms with Gasteiger partial charge in [-0.1, -0.05) is 0 Å². The zero-order valence-corrected chi connectivity index (χ0v) is 9.08. The maximum Gasteiger partial charge on any atom is 0.0798 e. The van der Waals surface area contributed by atoms with E-state index in [0.29, 0.717) is 0 Å². The topological polar surface area (TPSA) is 25.2 Å². The molecule has 4 heteroatoms. The fourth-order valence-corrected chi connectivity index (χ4v) is 1.55. The lowest BCUT2D eigenvalue weighted by atomic mass is 10.3. The lowest BCUT2D eigenvalue weighted by molar-refractivity contribution is 0.804. The first-order chi connectivity index (χ1) is 5.58. The molecular weight excluding hydrogens is 188 g/mol. The van der Waals surface area contributed by atoms with E-state index in [-0.39, 0.29) is 4.75 Å². The standard InChI is InChI=1S/C8H12N2S2/c1-8(2,3)12-10-5-7-4-9-6-11-7/h4-6H,1-3H3/b10-5+. The molecule has 0 aromatic carbocycles. The maximum atomic E-state index is 4.25. The number of aromatic nitrogens is 1. The highest BCUT2D eigenvalue weighted by Gasteiger charge is 2.08. The monoisotopic (exact) mass is 200 g/mol. The van der Waals surface area contributed by atoms with Crippen LogP contribution in [0.5, 0.6) is 0 Å². The average Bonchev–Trinajstić information content (AvgIpc) is 2.36. The summed E-state index contributed by atoms with van der Waals surface area (Å²) < 4.78 is 4.44. The molecule has 0 amide bonds. The fourth-order valence-electron chi connectivity index (χ4n) is 0.526. The van der Waals surface area contributed by atoms with Gasteiger partial charge in [-0.05, 0) is 32.7 Å². The van der Waals surface area contributed by atoms with Gasteiger partial charge in [-0.15, -0.1) is 11.3 Å². The predicted octanol–water partition coefficient (Wildman–Crippen LogP) is 3.01. The summed E-state index contributed by atoms with van der Waals surface area (Å²) in [5, 5.41) is 0. The molecule has 0 aliphatic carbocycles. The molecular formula is C8H12N2S2. The Bertz CT molecular complexity index is 247. The summed E-state index contributed by atoms with van der Waals surface area (Å²) in [5.74, 6) is 0. The molecule has 2 nitrogen and oxygen atoms in total. The van der Waals surface area contributed by atoms with Crippen LogP contribution in [0.3, 0.4) is 0 Å². The third-order valence-electron chi connectivity index (χ3n) is 0.958. The number of hydrogen-bond acceptors (Lipinski definition) is 4. The number of thiazole rings is 1. The minimum atomic E-state index is 0.196. The van der Waals surface area contributed by atoms with Crippen molar-refractivity contribution in [2.45, 2.75) is 25.5 Å². The Morgan fingerprint density at radius 2 is 2.33 bits per heavy atom. The second-order valence-electron chi connectivity index (χ2n) is 3.34. The van der Waals surface area contributed by atoms with E-state index in [2.05, 4.69) is 30.2 Å². The van der Waals surface area contributed by atoms with Gasteiger partial charge in [0.1, 0.15) is 0 Å². The molecule has 0 radical (unpaired) electrons. The SMILES string of the molecule is CC(C)(C)S/N=C/c1cncs1. The zero-order valence-electron chi connectivity index (χ0n) is 7.44. The lowest BCUT2D eigenvalue weighted by Crippen LogP contribution is -2.04. The van der Waals surface area contributed by atoms with Gasteiger partial charge in [0.05, 0.1) is 16.6 Å². The molecule has 1 heterocycles. The Balaban J connectivity index is 2.42. The summed E-state index contributed by atoms with van der Waals surface area (Å²) in [5.41, 5.74) is 1.81. The molecule has 0 bridgehead atoms. The predicted molar refractivity (Wildman–Crippen MR) is 57.1 cm³/mol. The molecule has 1 rings (SSSR count). The van der Waals surface area contributed by atoms with Crippen LogP contribution in [-0.4, -0.2) is 15.9 Å². The Morgan fingerprint density at radius 1 is 1.58 bits per heavy atom. The van der Waals surface area contributed by atoms with Gasteiger partial charge in [0.15, 0.2) is 0 Å². The quantitative estimate of drug-likeness (QED) is 0.541. The van der Waals surface area contributed by atoms with E-state index in [4.69, 9.17) is 0 Å². The van der Waals surface area contributed by atoms with Crippen molar-refractivity contribution in [3.63, 3.8) is 0 Å². The van der Waals surface area contributed by atoms with Gasteiger partial charge in [0.2, 0.25) is 0 Å². The fraction of sp³-hybridized carbons (Fsp3) is 0.500. The minimum absolute atomic E-state index is 0.196. The first kappa shape index (κ1) is 9.74. The van der Waals surface area contributed by atoms with Gasteiger partial charge < -0.3 is 0 Å². The van der Waals surface area contributed by atoms with Crippen LogP contribution in [0.1, 0.15) is 25.6 Å². The summed E-state index contributed by atoms with van der Waals surface area (Å²) in [6, 6.07) is 0. The van der Waals surface area contributed by atoms with Crippen molar-refractivity contribution >= 4 is 29.5 Å². The van der Waals surface area contributed by atoms with Crippen molar-refractivity contribution in [1.82, 2.24) is 4.98 Å². The zero-order chi connectivity index (χ0) is 9.03. The third kappa shape index (κ3) is 3.88. The first-order valence-electron chi connectivity index (χ1n) is 3.68. The molecule has 0 unspecified atom stereocenters. The number of nitrogens with zero attached hydrogens (tertiary/aromatic N) is 2. The molecule has 0 saturated heterocycles. The van der Waals surface area contributed by atoms with Crippen LogP contribution in [0, 0.1) is 0 Å². The van der Waals surface area contributed by atoms with Crippen molar-refractivity contribution in [2.24, 2.45) is 4.40 Å². The second kappa shape index (κ2) is 4.05. The Hall–Kier alpha value is -0.350. The Labute approximate surface area is 81.3 Å². The van der Waals surface area contributed by atoms with Gasteiger partial charge in [-0.2, -0.15) is 0 Å². The highest BCUT2D eigenvalue weighted by atomic mass is 32.2. The molecule has 0 atom stereocenters. The van der Waals surface area contributed by atoms with Gasteiger partial charge in [-0.3, -0.25) is 4.98 Å². The van der Waals surface area contributed by atoms with E-state index >= 15 is 0 Å². The molecule has 0 N–H and O–H groups in total. The van der Waals surface area contributed by atoms with Crippen molar-refractivity contribution in [3.05, 3.63) is 16.6 Å². The Morgan fingerprint density at radius 3 is 2.83 bits per heavy atom. The molecule has 0 aliphatic rings. The molecule has 0 fully saturated rings. The molecule has 1 aromatic heterocycles. The van der Waals surface area contributed by atoms with Crippen LogP contribution < -0.4 is 0 Å². The van der Waals surface area contributed by atoms with Crippen LogP contribution in [0.2, 0.25) is 0 Å². The van der Waals surface area contributed by atoms with Crippen LogP contribution in [0.4, 0.5) is 0 Å². The minimum Gasteiger partial charge on any atom is -0.252 e. The van der Waals surface area contributed by atoms with Crippen molar-refractivity contribution < 1.29 is 0 Å². The van der Waals surface area contributed by atoms with Crippen LogP contribution in [-0.2, 0) is 0 Å². The molecule has 0 aliphatic heterocycles. The highest BCUT2D eigenvalue weighted by molar-refractivity contribution is 7.99. The van der Waals surface area contributed by atoms with E-state index in [1.165, 1.54) is 0 Å². The normalized spacial score (nSPS) is 12.6. The maximum absolute atomic E-state index is 4.25. The summed E-state index contributed by atoms with van der Waals surface area (Å²) >= 11 is 3.18. The number of rotatable bonds is 2. The van der Waals surface area contributed by atoms with Crippen molar-refractivity contribution in [3.8, 4) is 0 Å². The van der Waals surface area contributed by atoms with Crippen LogP contribution >= 0.6 is 23.3 Å². The molecule has 1 aromatic rings. The largest absolute Gasteiger partial charge is 0.252 e. The molecule has 0 spiro atoms. The van der Waals surface area contributed by atoms with Gasteiger partial charge in [0.25, 0.3) is 0 Å². The van der Waals surface area contributed by atoms with E-state index < -0.39 is 0 Å². The van der Waals surface area contributed by atoms with Crippen molar-refractivity contribution in [1.29, 1.82) is 0 Å². The Kier molecular flexibility index (Phi) is 3.29. The molecule has 66 valence electrons. The smallest absolute Gasteiger partial charge is 0.0798 e. The first-order valence-corrected chi connectivity index (χ1v) is 5.33. The van der Waals surface area contributed by atoms with Crippen LogP contribution in [0.25, 0.3) is 0 Å². The lowest BCUT2D eigenvalue weighted by Gasteiger charge is -2.11. The van der Waals surface area contributed by atoms with E-state index in [1.54, 1.807) is 23.3 Å². The average molecular weight is 200 g/mol. The molecule has 0 saturated carbocycles. The van der Waals surface area contributed by atoms with E-state index in [1.807, 2.05) is 17.9 Å². The van der Waals surface area contributed by atoms with E-state index in [0.717, 1.165) is 4.88 Å². The summed E-state index contributed by atoms with van der Waals surface area (Å²) in [6.45, 7) is 6.42. The summed E-state index contributed by atoms with van der Waals surface area (Å²) in [6.07, 6.45) is 3.67. The summed E-state index contributed by atoms with van der Waals surface area (Å²) in [4.78, 5) is 5.06. The third-order valence-corrected chi connectivity index (χ3v) is 2.43. The van der Waals surface area contributed by atoms with Gasteiger partial charge in [0, 0.05) is 10.9 Å².